The zero-order valence-corrected chi connectivity index (χ0v) is 10.8. The van der Waals surface area contributed by atoms with Gasteiger partial charge < -0.3 is 0 Å². The summed E-state index contributed by atoms with van der Waals surface area (Å²) in [6, 6.07) is 13.1. The summed E-state index contributed by atoms with van der Waals surface area (Å²) in [5.74, 6) is 0.651. The monoisotopic (exact) mass is 298 g/mol. The molecule has 0 spiro atoms. The third-order valence-electron chi connectivity index (χ3n) is 2.57. The fourth-order valence-corrected chi connectivity index (χ4v) is 2.00. The largest absolute Gasteiger partial charge is 0.220 e. The second-order valence-corrected chi connectivity index (χ2v) is 4.69. The van der Waals surface area contributed by atoms with Gasteiger partial charge in [-0.25, -0.2) is 9.50 Å². The number of rotatable bonds is 1. The van der Waals surface area contributed by atoms with Crippen LogP contribution in [0.15, 0.2) is 47.1 Å². The highest BCUT2D eigenvalue weighted by molar-refractivity contribution is 9.10. The van der Waals surface area contributed by atoms with E-state index in [1.807, 2.05) is 30.5 Å². The van der Waals surface area contributed by atoms with Gasteiger partial charge in [-0.05, 0) is 36.4 Å². The molecule has 1 aromatic carbocycles. The standard InChI is InChI=1S/C13H7BrN4/c14-11-5-6-18-12(7-11)16-13(17-18)10-3-1-9(8-15)2-4-10/h1-7H. The van der Waals surface area contributed by atoms with E-state index in [9.17, 15) is 0 Å². The number of hydrogen-bond acceptors (Lipinski definition) is 3. The van der Waals surface area contributed by atoms with E-state index in [0.29, 0.717) is 11.4 Å². The molecular formula is C13H7BrN4. The molecule has 0 bridgehead atoms. The van der Waals surface area contributed by atoms with Crippen molar-refractivity contribution < 1.29 is 0 Å². The molecule has 3 aromatic rings. The van der Waals surface area contributed by atoms with E-state index >= 15 is 0 Å². The summed E-state index contributed by atoms with van der Waals surface area (Å²) in [5, 5.41) is 13.1. The molecule has 18 heavy (non-hydrogen) atoms. The molecule has 4 nitrogen and oxygen atoms in total. The molecule has 0 aliphatic carbocycles. The van der Waals surface area contributed by atoms with Crippen LogP contribution in [-0.2, 0) is 0 Å². The number of nitrogens with zero attached hydrogens (tertiary/aromatic N) is 4. The Bertz CT molecular complexity index is 753. The molecular weight excluding hydrogens is 292 g/mol. The Morgan fingerprint density at radius 2 is 1.94 bits per heavy atom. The van der Waals surface area contributed by atoms with Crippen LogP contribution in [0.2, 0.25) is 0 Å². The molecule has 0 saturated heterocycles. The number of aromatic nitrogens is 3. The van der Waals surface area contributed by atoms with Crippen molar-refractivity contribution in [2.75, 3.05) is 0 Å². The predicted molar refractivity (Wildman–Crippen MR) is 70.8 cm³/mol. The second kappa shape index (κ2) is 4.24. The van der Waals surface area contributed by atoms with Crippen LogP contribution in [0.3, 0.4) is 0 Å². The first-order valence-electron chi connectivity index (χ1n) is 5.29. The first-order valence-corrected chi connectivity index (χ1v) is 6.08. The van der Waals surface area contributed by atoms with E-state index in [2.05, 4.69) is 32.1 Å². The predicted octanol–water partition coefficient (Wildman–Crippen LogP) is 3.03. The number of nitriles is 1. The molecule has 0 aliphatic rings. The number of fused-ring (bicyclic) bond motifs is 1. The van der Waals surface area contributed by atoms with Gasteiger partial charge >= 0.3 is 0 Å². The maximum Gasteiger partial charge on any atom is 0.182 e. The van der Waals surface area contributed by atoms with Crippen molar-refractivity contribution in [2.45, 2.75) is 0 Å². The van der Waals surface area contributed by atoms with Gasteiger partial charge in [0.1, 0.15) is 0 Å². The number of hydrogen-bond donors (Lipinski definition) is 0. The highest BCUT2D eigenvalue weighted by Crippen LogP contribution is 2.18. The smallest absolute Gasteiger partial charge is 0.182 e. The van der Waals surface area contributed by atoms with Crippen LogP contribution in [0.1, 0.15) is 5.56 Å². The maximum absolute atomic E-state index is 8.75. The van der Waals surface area contributed by atoms with E-state index < -0.39 is 0 Å². The van der Waals surface area contributed by atoms with Gasteiger partial charge in [-0.1, -0.05) is 15.9 Å². The van der Waals surface area contributed by atoms with Gasteiger partial charge in [-0.2, -0.15) is 5.26 Å². The van der Waals surface area contributed by atoms with Gasteiger partial charge in [-0.3, -0.25) is 0 Å². The maximum atomic E-state index is 8.75. The zero-order valence-electron chi connectivity index (χ0n) is 9.21. The van der Waals surface area contributed by atoms with Crippen LogP contribution in [0.4, 0.5) is 0 Å². The first-order chi connectivity index (χ1) is 8.76. The zero-order chi connectivity index (χ0) is 12.5. The van der Waals surface area contributed by atoms with Gasteiger partial charge in [0.05, 0.1) is 11.6 Å². The van der Waals surface area contributed by atoms with Crippen molar-refractivity contribution in [3.05, 3.63) is 52.6 Å². The van der Waals surface area contributed by atoms with Crippen LogP contribution in [0.5, 0.6) is 0 Å². The molecule has 0 fully saturated rings. The fraction of sp³-hybridized carbons (Fsp3) is 0. The molecule has 0 radical (unpaired) electrons. The quantitative estimate of drug-likeness (QED) is 0.694. The minimum Gasteiger partial charge on any atom is -0.220 e. The Labute approximate surface area is 112 Å². The molecule has 0 N–H and O–H groups in total. The molecule has 0 atom stereocenters. The average molecular weight is 299 g/mol. The Morgan fingerprint density at radius 3 is 2.67 bits per heavy atom. The summed E-state index contributed by atoms with van der Waals surface area (Å²) >= 11 is 3.40. The molecule has 0 aliphatic heterocycles. The summed E-state index contributed by atoms with van der Waals surface area (Å²) in [6.07, 6.45) is 1.85. The van der Waals surface area contributed by atoms with Crippen LogP contribution < -0.4 is 0 Å². The fourth-order valence-electron chi connectivity index (χ4n) is 1.67. The van der Waals surface area contributed by atoms with E-state index in [1.54, 1.807) is 16.6 Å². The van der Waals surface area contributed by atoms with Crippen LogP contribution in [0.25, 0.3) is 17.0 Å². The summed E-state index contributed by atoms with van der Waals surface area (Å²) < 4.78 is 2.69. The lowest BCUT2D eigenvalue weighted by Gasteiger charge is -1.93. The summed E-state index contributed by atoms with van der Waals surface area (Å²) in [5.41, 5.74) is 2.31. The summed E-state index contributed by atoms with van der Waals surface area (Å²) in [7, 11) is 0. The topological polar surface area (TPSA) is 54.0 Å². The third-order valence-corrected chi connectivity index (χ3v) is 3.07. The minimum atomic E-state index is 0.630. The molecule has 0 saturated carbocycles. The van der Waals surface area contributed by atoms with Crippen molar-refractivity contribution >= 4 is 21.6 Å². The average Bonchev–Trinajstić information content (AvgIpc) is 2.81. The normalized spacial score (nSPS) is 10.4. The molecule has 2 aromatic heterocycles. The highest BCUT2D eigenvalue weighted by atomic mass is 79.9. The summed E-state index contributed by atoms with van der Waals surface area (Å²) in [4.78, 5) is 4.44. The van der Waals surface area contributed by atoms with Gasteiger partial charge in [0.15, 0.2) is 11.5 Å². The molecule has 2 heterocycles. The lowest BCUT2D eigenvalue weighted by atomic mass is 10.1. The molecule has 5 heteroatoms. The van der Waals surface area contributed by atoms with Crippen LogP contribution >= 0.6 is 15.9 Å². The first kappa shape index (κ1) is 10.9. The molecule has 0 unspecified atom stereocenters. The Hall–Kier alpha value is -2.19. The lowest BCUT2D eigenvalue weighted by Crippen LogP contribution is -1.85. The van der Waals surface area contributed by atoms with Crippen LogP contribution in [0, 0.1) is 11.3 Å². The summed E-state index contributed by atoms with van der Waals surface area (Å²) in [6.45, 7) is 0. The second-order valence-electron chi connectivity index (χ2n) is 3.77. The van der Waals surface area contributed by atoms with E-state index in [4.69, 9.17) is 5.26 Å². The van der Waals surface area contributed by atoms with Crippen molar-refractivity contribution in [2.24, 2.45) is 0 Å². The number of halogens is 1. The van der Waals surface area contributed by atoms with E-state index in [-0.39, 0.29) is 0 Å². The van der Waals surface area contributed by atoms with Gasteiger partial charge in [0, 0.05) is 16.2 Å². The Kier molecular flexibility index (Phi) is 2.58. The minimum absolute atomic E-state index is 0.630. The number of pyridine rings is 1. The lowest BCUT2D eigenvalue weighted by molar-refractivity contribution is 0.964. The van der Waals surface area contributed by atoms with Crippen molar-refractivity contribution in [1.29, 1.82) is 5.26 Å². The van der Waals surface area contributed by atoms with Gasteiger partial charge in [-0.15, -0.1) is 5.10 Å². The van der Waals surface area contributed by atoms with Crippen LogP contribution in [-0.4, -0.2) is 14.6 Å². The van der Waals surface area contributed by atoms with Crippen molar-refractivity contribution in [3.63, 3.8) is 0 Å². The van der Waals surface area contributed by atoms with E-state index in [0.717, 1.165) is 15.7 Å². The third kappa shape index (κ3) is 1.87. The Morgan fingerprint density at radius 1 is 1.17 bits per heavy atom. The number of benzene rings is 1. The molecule has 3 rings (SSSR count). The molecule has 0 amide bonds. The highest BCUT2D eigenvalue weighted by Gasteiger charge is 2.06. The van der Waals surface area contributed by atoms with Gasteiger partial charge in [0.25, 0.3) is 0 Å². The SMILES string of the molecule is N#Cc1ccc(-c2nc3cc(Br)ccn3n2)cc1. The molecule has 86 valence electrons. The van der Waals surface area contributed by atoms with Gasteiger partial charge in [0.2, 0.25) is 0 Å². The van der Waals surface area contributed by atoms with Crippen molar-refractivity contribution in [3.8, 4) is 17.5 Å². The Balaban J connectivity index is 2.10. The van der Waals surface area contributed by atoms with Crippen molar-refractivity contribution in [1.82, 2.24) is 14.6 Å². The van der Waals surface area contributed by atoms with E-state index in [1.165, 1.54) is 0 Å².